The molecule has 0 saturated heterocycles. The molecule has 1 heteroatoms. The monoisotopic (exact) mass is 189 g/mol. The van der Waals surface area contributed by atoms with Crippen LogP contribution in [0.2, 0.25) is 0 Å². The third kappa shape index (κ3) is 2.36. The first-order chi connectivity index (χ1) is 6.56. The summed E-state index contributed by atoms with van der Waals surface area (Å²) in [7, 11) is 0. The predicted octanol–water partition coefficient (Wildman–Crippen LogP) is 2.93. The molecule has 1 saturated carbocycles. The van der Waals surface area contributed by atoms with E-state index < -0.39 is 0 Å². The van der Waals surface area contributed by atoms with Gasteiger partial charge in [-0.25, -0.2) is 0 Å². The van der Waals surface area contributed by atoms with E-state index >= 15 is 0 Å². The Labute approximate surface area is 86.5 Å². The fourth-order valence-electron chi connectivity index (χ4n) is 1.98. The van der Waals surface area contributed by atoms with Crippen LogP contribution in [0.25, 0.3) is 0 Å². The Morgan fingerprint density at radius 1 is 1.14 bits per heavy atom. The fourth-order valence-corrected chi connectivity index (χ4v) is 1.98. The van der Waals surface area contributed by atoms with Crippen LogP contribution in [-0.2, 0) is 0 Å². The summed E-state index contributed by atoms with van der Waals surface area (Å²) in [6.45, 7) is 6.69. The maximum atomic E-state index is 3.64. The van der Waals surface area contributed by atoms with E-state index in [2.05, 4.69) is 56.4 Å². The lowest BCUT2D eigenvalue weighted by atomic mass is 10.1. The van der Waals surface area contributed by atoms with Gasteiger partial charge >= 0.3 is 0 Å². The highest BCUT2D eigenvalue weighted by Crippen LogP contribution is 2.41. The van der Waals surface area contributed by atoms with Crippen LogP contribution < -0.4 is 5.32 Å². The zero-order chi connectivity index (χ0) is 10.2. The average Bonchev–Trinajstić information content (AvgIpc) is 2.82. The normalized spacial score (nSPS) is 26.2. The summed E-state index contributed by atoms with van der Waals surface area (Å²) in [5.74, 6) is 0.746. The number of rotatable bonds is 2. The molecule has 1 aromatic rings. The minimum absolute atomic E-state index is 0.244. The molecule has 1 aromatic carbocycles. The molecule has 0 spiro atoms. The molecule has 0 bridgehead atoms. The molecular weight excluding hydrogens is 170 g/mol. The Bertz CT molecular complexity index is 297. The Morgan fingerprint density at radius 3 is 2.36 bits per heavy atom. The van der Waals surface area contributed by atoms with Crippen molar-refractivity contribution in [2.75, 3.05) is 0 Å². The van der Waals surface area contributed by atoms with Gasteiger partial charge in [0.1, 0.15) is 0 Å². The van der Waals surface area contributed by atoms with Gasteiger partial charge in [-0.15, -0.1) is 0 Å². The van der Waals surface area contributed by atoms with Crippen LogP contribution in [0.1, 0.15) is 38.7 Å². The van der Waals surface area contributed by atoms with Crippen LogP contribution in [0.4, 0.5) is 0 Å². The van der Waals surface area contributed by atoms with E-state index in [9.17, 15) is 0 Å². The van der Waals surface area contributed by atoms with Crippen LogP contribution in [0, 0.1) is 0 Å². The molecule has 2 unspecified atom stereocenters. The molecule has 1 fully saturated rings. The van der Waals surface area contributed by atoms with Gasteiger partial charge in [0.25, 0.3) is 0 Å². The summed E-state index contributed by atoms with van der Waals surface area (Å²) in [6, 6.07) is 11.5. The van der Waals surface area contributed by atoms with Gasteiger partial charge in [-0.3, -0.25) is 0 Å². The molecule has 76 valence electrons. The smallest absolute Gasteiger partial charge is 0.0148 e. The van der Waals surface area contributed by atoms with E-state index in [-0.39, 0.29) is 5.54 Å². The van der Waals surface area contributed by atoms with E-state index in [1.54, 1.807) is 0 Å². The lowest BCUT2D eigenvalue weighted by Gasteiger charge is -2.20. The van der Waals surface area contributed by atoms with E-state index in [4.69, 9.17) is 0 Å². The van der Waals surface area contributed by atoms with Crippen molar-refractivity contribution >= 4 is 0 Å². The standard InChI is InChI=1S/C13H19N/c1-13(2,3)14-12-9-11(12)10-7-5-4-6-8-10/h4-8,11-12,14H,9H2,1-3H3. The Hall–Kier alpha value is -0.820. The van der Waals surface area contributed by atoms with Crippen LogP contribution in [-0.4, -0.2) is 11.6 Å². The quantitative estimate of drug-likeness (QED) is 0.754. The first-order valence-electron chi connectivity index (χ1n) is 5.39. The lowest BCUT2D eigenvalue weighted by molar-refractivity contribution is 0.418. The van der Waals surface area contributed by atoms with Crippen LogP contribution in [0.5, 0.6) is 0 Å². The first-order valence-corrected chi connectivity index (χ1v) is 5.39. The summed E-state index contributed by atoms with van der Waals surface area (Å²) in [4.78, 5) is 0. The van der Waals surface area contributed by atoms with Crippen molar-refractivity contribution in [2.45, 2.75) is 44.7 Å². The molecular formula is C13H19N. The van der Waals surface area contributed by atoms with Gasteiger partial charge in [-0.05, 0) is 32.8 Å². The second-order valence-corrected chi connectivity index (χ2v) is 5.25. The molecule has 0 aromatic heterocycles. The van der Waals surface area contributed by atoms with Crippen molar-refractivity contribution in [1.82, 2.24) is 5.32 Å². The topological polar surface area (TPSA) is 12.0 Å². The number of benzene rings is 1. The molecule has 14 heavy (non-hydrogen) atoms. The van der Waals surface area contributed by atoms with Crippen LogP contribution >= 0.6 is 0 Å². The van der Waals surface area contributed by atoms with Crippen molar-refractivity contribution in [3.8, 4) is 0 Å². The maximum Gasteiger partial charge on any atom is 0.0148 e. The molecule has 0 radical (unpaired) electrons. The van der Waals surface area contributed by atoms with Crippen molar-refractivity contribution in [3.05, 3.63) is 35.9 Å². The zero-order valence-corrected chi connectivity index (χ0v) is 9.25. The van der Waals surface area contributed by atoms with Crippen molar-refractivity contribution in [1.29, 1.82) is 0 Å². The second-order valence-electron chi connectivity index (χ2n) is 5.25. The summed E-state index contributed by atoms with van der Waals surface area (Å²) in [5, 5.41) is 3.64. The minimum Gasteiger partial charge on any atom is -0.309 e. The predicted molar refractivity (Wildman–Crippen MR) is 60.5 cm³/mol. The van der Waals surface area contributed by atoms with Gasteiger partial charge < -0.3 is 5.32 Å². The number of hydrogen-bond donors (Lipinski definition) is 1. The van der Waals surface area contributed by atoms with Gasteiger partial charge in [0, 0.05) is 17.5 Å². The van der Waals surface area contributed by atoms with Gasteiger partial charge in [-0.2, -0.15) is 0 Å². The average molecular weight is 189 g/mol. The molecule has 1 aliphatic carbocycles. The minimum atomic E-state index is 0.244. The maximum absolute atomic E-state index is 3.64. The fraction of sp³-hybridized carbons (Fsp3) is 0.538. The summed E-state index contributed by atoms with van der Waals surface area (Å²) in [6.07, 6.45) is 1.29. The molecule has 2 rings (SSSR count). The zero-order valence-electron chi connectivity index (χ0n) is 9.25. The highest BCUT2D eigenvalue weighted by atomic mass is 15.0. The van der Waals surface area contributed by atoms with Gasteiger partial charge in [0.2, 0.25) is 0 Å². The van der Waals surface area contributed by atoms with Crippen molar-refractivity contribution < 1.29 is 0 Å². The van der Waals surface area contributed by atoms with Crippen LogP contribution in [0.3, 0.4) is 0 Å². The third-order valence-corrected chi connectivity index (χ3v) is 2.64. The SMILES string of the molecule is CC(C)(C)NC1CC1c1ccccc1. The van der Waals surface area contributed by atoms with E-state index in [0.29, 0.717) is 6.04 Å². The van der Waals surface area contributed by atoms with Crippen molar-refractivity contribution in [2.24, 2.45) is 0 Å². The Balaban J connectivity index is 1.94. The summed E-state index contributed by atoms with van der Waals surface area (Å²) < 4.78 is 0. The third-order valence-electron chi connectivity index (χ3n) is 2.64. The molecule has 2 atom stereocenters. The van der Waals surface area contributed by atoms with Crippen molar-refractivity contribution in [3.63, 3.8) is 0 Å². The summed E-state index contributed by atoms with van der Waals surface area (Å²) in [5.41, 5.74) is 1.73. The molecule has 0 heterocycles. The molecule has 0 aliphatic heterocycles. The van der Waals surface area contributed by atoms with E-state index in [0.717, 1.165) is 5.92 Å². The van der Waals surface area contributed by atoms with E-state index in [1.165, 1.54) is 12.0 Å². The lowest BCUT2D eigenvalue weighted by Crippen LogP contribution is -2.38. The van der Waals surface area contributed by atoms with Gasteiger partial charge in [0.05, 0.1) is 0 Å². The highest BCUT2D eigenvalue weighted by Gasteiger charge is 2.39. The van der Waals surface area contributed by atoms with Crippen LogP contribution in [0.15, 0.2) is 30.3 Å². The number of nitrogens with one attached hydrogen (secondary N) is 1. The molecule has 0 amide bonds. The first kappa shape index (κ1) is 9.72. The molecule has 1 nitrogen and oxygen atoms in total. The second kappa shape index (κ2) is 3.39. The largest absolute Gasteiger partial charge is 0.309 e. The highest BCUT2D eigenvalue weighted by molar-refractivity contribution is 5.27. The molecule has 1 aliphatic rings. The Morgan fingerprint density at radius 2 is 1.79 bits per heavy atom. The number of hydrogen-bond acceptors (Lipinski definition) is 1. The van der Waals surface area contributed by atoms with Gasteiger partial charge in [0.15, 0.2) is 0 Å². The van der Waals surface area contributed by atoms with Gasteiger partial charge in [-0.1, -0.05) is 30.3 Å². The Kier molecular flexibility index (Phi) is 2.36. The summed E-state index contributed by atoms with van der Waals surface area (Å²) >= 11 is 0. The van der Waals surface area contributed by atoms with E-state index in [1.807, 2.05) is 0 Å². The molecule has 1 N–H and O–H groups in total.